The van der Waals surface area contributed by atoms with Crippen LogP contribution in [0.3, 0.4) is 0 Å². The van der Waals surface area contributed by atoms with E-state index in [4.69, 9.17) is 20.9 Å². The molecule has 0 aliphatic carbocycles. The Morgan fingerprint density at radius 3 is 2.70 bits per heavy atom. The van der Waals surface area contributed by atoms with Crippen molar-refractivity contribution in [2.45, 2.75) is 20.0 Å². The summed E-state index contributed by atoms with van der Waals surface area (Å²) in [6.07, 6.45) is 0. The predicted molar refractivity (Wildman–Crippen MR) is 76.1 cm³/mol. The third-order valence-electron chi connectivity index (χ3n) is 2.90. The molecule has 0 bridgehead atoms. The molecule has 0 amide bonds. The molecular weight excluding hydrogens is 280 g/mol. The van der Waals surface area contributed by atoms with E-state index in [0.717, 1.165) is 17.0 Å². The summed E-state index contributed by atoms with van der Waals surface area (Å²) in [5.74, 6) is 1.24. The number of hydrogen-bond donors (Lipinski definition) is 1. The highest BCUT2D eigenvalue weighted by Crippen LogP contribution is 2.32. The van der Waals surface area contributed by atoms with E-state index in [2.05, 4.69) is 10.1 Å². The van der Waals surface area contributed by atoms with E-state index in [1.165, 1.54) is 13.2 Å². The van der Waals surface area contributed by atoms with Crippen LogP contribution in [-0.2, 0) is 13.1 Å². The topological polar surface area (TPSA) is 58.7 Å². The van der Waals surface area contributed by atoms with Crippen molar-refractivity contribution in [3.8, 4) is 11.5 Å². The Morgan fingerprint density at radius 1 is 1.35 bits per heavy atom. The molecular formula is C14H17ClN2O3. The summed E-state index contributed by atoms with van der Waals surface area (Å²) in [7, 11) is 3.47. The fraction of sp³-hybridized carbons (Fsp3) is 0.357. The first-order valence-corrected chi connectivity index (χ1v) is 6.53. The van der Waals surface area contributed by atoms with E-state index >= 15 is 0 Å². The Morgan fingerprint density at radius 2 is 2.10 bits per heavy atom. The lowest BCUT2D eigenvalue weighted by Crippen LogP contribution is -2.17. The summed E-state index contributed by atoms with van der Waals surface area (Å²) in [6, 6.07) is 5.13. The van der Waals surface area contributed by atoms with Crippen LogP contribution in [0.15, 0.2) is 22.7 Å². The zero-order valence-corrected chi connectivity index (χ0v) is 12.4. The molecule has 1 aromatic heterocycles. The summed E-state index contributed by atoms with van der Waals surface area (Å²) < 4.78 is 10.1. The minimum atomic E-state index is 0.0380. The highest BCUT2D eigenvalue weighted by molar-refractivity contribution is 6.31. The van der Waals surface area contributed by atoms with Crippen molar-refractivity contribution >= 4 is 11.6 Å². The third-order valence-corrected chi connectivity index (χ3v) is 3.25. The molecule has 0 aliphatic heterocycles. The standard InChI is InChI=1S/C14H17ClN2O3/c1-9-4-11(16-20-9)8-17(2)7-10-5-14(19-3)13(18)6-12(10)15/h4-6,18H,7-8H2,1-3H3. The second-order valence-corrected chi connectivity index (χ2v) is 5.12. The number of nitrogens with zero attached hydrogens (tertiary/aromatic N) is 2. The number of aromatic nitrogens is 1. The number of phenols is 1. The Labute approximate surface area is 122 Å². The fourth-order valence-corrected chi connectivity index (χ4v) is 2.20. The molecule has 6 heteroatoms. The molecule has 5 nitrogen and oxygen atoms in total. The molecule has 1 N–H and O–H groups in total. The molecule has 0 radical (unpaired) electrons. The van der Waals surface area contributed by atoms with Crippen LogP contribution in [0.4, 0.5) is 0 Å². The third kappa shape index (κ3) is 3.43. The molecule has 0 unspecified atom stereocenters. The van der Waals surface area contributed by atoms with Crippen LogP contribution < -0.4 is 4.74 Å². The van der Waals surface area contributed by atoms with Gasteiger partial charge in [0.15, 0.2) is 11.5 Å². The number of rotatable bonds is 5. The molecule has 0 fully saturated rings. The van der Waals surface area contributed by atoms with Crippen molar-refractivity contribution in [1.82, 2.24) is 10.1 Å². The first-order chi connectivity index (χ1) is 9.49. The number of phenolic OH excluding ortho intramolecular Hbond substituents is 1. The largest absolute Gasteiger partial charge is 0.504 e. The van der Waals surface area contributed by atoms with Gasteiger partial charge in [-0.05, 0) is 25.6 Å². The predicted octanol–water partition coefficient (Wildman–Crippen LogP) is 2.98. The van der Waals surface area contributed by atoms with Gasteiger partial charge in [-0.1, -0.05) is 16.8 Å². The van der Waals surface area contributed by atoms with Gasteiger partial charge in [0.2, 0.25) is 0 Å². The summed E-state index contributed by atoms with van der Waals surface area (Å²) in [4.78, 5) is 2.05. The number of aryl methyl sites for hydroxylation is 1. The molecule has 1 aromatic carbocycles. The lowest BCUT2D eigenvalue weighted by Gasteiger charge is -2.17. The monoisotopic (exact) mass is 296 g/mol. The van der Waals surface area contributed by atoms with Crippen LogP contribution in [0.2, 0.25) is 5.02 Å². The van der Waals surface area contributed by atoms with Gasteiger partial charge in [-0.15, -0.1) is 0 Å². The zero-order valence-electron chi connectivity index (χ0n) is 11.7. The highest BCUT2D eigenvalue weighted by atomic mass is 35.5. The van der Waals surface area contributed by atoms with Gasteiger partial charge in [-0.3, -0.25) is 4.90 Å². The Hall–Kier alpha value is -1.72. The normalized spacial score (nSPS) is 11.1. The van der Waals surface area contributed by atoms with Gasteiger partial charge in [0.05, 0.1) is 12.8 Å². The van der Waals surface area contributed by atoms with E-state index in [-0.39, 0.29) is 5.75 Å². The van der Waals surface area contributed by atoms with Crippen LogP contribution in [0, 0.1) is 6.92 Å². The van der Waals surface area contributed by atoms with E-state index in [0.29, 0.717) is 23.9 Å². The van der Waals surface area contributed by atoms with Crippen molar-refractivity contribution in [3.05, 3.63) is 40.2 Å². The van der Waals surface area contributed by atoms with E-state index < -0.39 is 0 Å². The second kappa shape index (κ2) is 6.15. The lowest BCUT2D eigenvalue weighted by atomic mass is 10.2. The molecule has 0 atom stereocenters. The van der Waals surface area contributed by atoms with Crippen LogP contribution in [0.5, 0.6) is 11.5 Å². The van der Waals surface area contributed by atoms with Gasteiger partial charge in [0.1, 0.15) is 5.76 Å². The van der Waals surface area contributed by atoms with Gasteiger partial charge >= 0.3 is 0 Å². The molecule has 1 heterocycles. The number of hydrogen-bond acceptors (Lipinski definition) is 5. The molecule has 2 aromatic rings. The number of methoxy groups -OCH3 is 1. The number of ether oxygens (including phenoxy) is 1. The Bertz CT molecular complexity index is 598. The average Bonchev–Trinajstić information content (AvgIpc) is 2.78. The maximum atomic E-state index is 9.64. The Balaban J connectivity index is 2.09. The fourth-order valence-electron chi connectivity index (χ4n) is 1.99. The summed E-state index contributed by atoms with van der Waals surface area (Å²) in [5.41, 5.74) is 1.75. The molecule has 0 saturated carbocycles. The van der Waals surface area contributed by atoms with Gasteiger partial charge in [0.25, 0.3) is 0 Å². The molecule has 0 spiro atoms. The summed E-state index contributed by atoms with van der Waals surface area (Å²) in [5, 5.41) is 14.1. The smallest absolute Gasteiger partial charge is 0.160 e. The first kappa shape index (κ1) is 14.7. The van der Waals surface area contributed by atoms with Crippen LogP contribution in [0.25, 0.3) is 0 Å². The van der Waals surface area contributed by atoms with Crippen LogP contribution in [0.1, 0.15) is 17.0 Å². The number of benzene rings is 1. The van der Waals surface area contributed by atoms with Crippen LogP contribution >= 0.6 is 11.6 Å². The molecule has 0 saturated heterocycles. The first-order valence-electron chi connectivity index (χ1n) is 6.15. The number of aromatic hydroxyl groups is 1. The van der Waals surface area contributed by atoms with E-state index in [9.17, 15) is 5.11 Å². The van der Waals surface area contributed by atoms with Gasteiger partial charge in [-0.2, -0.15) is 0 Å². The van der Waals surface area contributed by atoms with Crippen molar-refractivity contribution < 1.29 is 14.4 Å². The van der Waals surface area contributed by atoms with E-state index in [1.807, 2.05) is 20.0 Å². The quantitative estimate of drug-likeness (QED) is 0.919. The van der Waals surface area contributed by atoms with Gasteiger partial charge < -0.3 is 14.4 Å². The summed E-state index contributed by atoms with van der Waals surface area (Å²) in [6.45, 7) is 3.12. The lowest BCUT2D eigenvalue weighted by molar-refractivity contribution is 0.301. The molecule has 108 valence electrons. The van der Waals surface area contributed by atoms with Crippen molar-refractivity contribution in [2.75, 3.05) is 14.2 Å². The molecule has 0 aliphatic rings. The Kier molecular flexibility index (Phi) is 4.52. The van der Waals surface area contributed by atoms with Crippen molar-refractivity contribution in [2.24, 2.45) is 0 Å². The SMILES string of the molecule is COc1cc(CN(C)Cc2cc(C)on2)c(Cl)cc1O. The number of halogens is 1. The maximum Gasteiger partial charge on any atom is 0.160 e. The highest BCUT2D eigenvalue weighted by Gasteiger charge is 2.12. The van der Waals surface area contributed by atoms with Gasteiger partial charge in [0, 0.05) is 30.2 Å². The van der Waals surface area contributed by atoms with E-state index in [1.54, 1.807) is 6.07 Å². The minimum absolute atomic E-state index is 0.0380. The summed E-state index contributed by atoms with van der Waals surface area (Å²) >= 11 is 6.13. The molecule has 20 heavy (non-hydrogen) atoms. The zero-order chi connectivity index (χ0) is 14.7. The van der Waals surface area contributed by atoms with Gasteiger partial charge in [-0.25, -0.2) is 0 Å². The van der Waals surface area contributed by atoms with Crippen molar-refractivity contribution in [1.29, 1.82) is 0 Å². The van der Waals surface area contributed by atoms with Crippen molar-refractivity contribution in [3.63, 3.8) is 0 Å². The minimum Gasteiger partial charge on any atom is -0.504 e. The molecule has 2 rings (SSSR count). The second-order valence-electron chi connectivity index (χ2n) is 4.72. The maximum absolute atomic E-state index is 9.64. The van der Waals surface area contributed by atoms with Crippen LogP contribution in [-0.4, -0.2) is 29.3 Å². The average molecular weight is 297 g/mol.